The number of nitrogens with zero attached hydrogens (tertiary/aromatic N) is 2. The first kappa shape index (κ1) is 14.4. The summed E-state index contributed by atoms with van der Waals surface area (Å²) in [6.07, 6.45) is 0. The molecule has 1 aliphatic rings. The standard InChI is InChI=1S/C16H27N3/c1-13(17)14-5-7-15(8-6-14)18-9-11-19(12-10-18)16(2,3)4/h5-8,13H,9-12,17H2,1-4H3/t13-/m0/s1. The molecule has 3 nitrogen and oxygen atoms in total. The quantitative estimate of drug-likeness (QED) is 0.888. The molecule has 1 aromatic rings. The van der Waals surface area contributed by atoms with Gasteiger partial charge in [0.2, 0.25) is 0 Å². The zero-order chi connectivity index (χ0) is 14.0. The monoisotopic (exact) mass is 261 g/mol. The molecule has 0 radical (unpaired) electrons. The van der Waals surface area contributed by atoms with Gasteiger partial charge in [-0.2, -0.15) is 0 Å². The van der Waals surface area contributed by atoms with E-state index < -0.39 is 0 Å². The number of rotatable bonds is 2. The molecule has 19 heavy (non-hydrogen) atoms. The molecule has 0 saturated carbocycles. The molecule has 0 bridgehead atoms. The minimum atomic E-state index is 0.117. The third-order valence-electron chi connectivity index (χ3n) is 4.01. The number of anilines is 1. The van der Waals surface area contributed by atoms with Crippen molar-refractivity contribution in [2.75, 3.05) is 31.1 Å². The van der Waals surface area contributed by atoms with Gasteiger partial charge in [0.1, 0.15) is 0 Å². The lowest BCUT2D eigenvalue weighted by Gasteiger charge is -2.43. The fourth-order valence-electron chi connectivity index (χ4n) is 2.62. The van der Waals surface area contributed by atoms with Crippen molar-refractivity contribution < 1.29 is 0 Å². The molecule has 1 aromatic carbocycles. The van der Waals surface area contributed by atoms with Crippen molar-refractivity contribution in [2.24, 2.45) is 5.73 Å². The maximum atomic E-state index is 5.89. The first-order valence-electron chi connectivity index (χ1n) is 7.23. The van der Waals surface area contributed by atoms with Gasteiger partial charge < -0.3 is 10.6 Å². The average Bonchev–Trinajstić information content (AvgIpc) is 2.38. The highest BCUT2D eigenvalue weighted by molar-refractivity contribution is 5.48. The normalized spacial score (nSPS) is 19.5. The van der Waals surface area contributed by atoms with Gasteiger partial charge in [-0.15, -0.1) is 0 Å². The largest absolute Gasteiger partial charge is 0.369 e. The van der Waals surface area contributed by atoms with Crippen molar-refractivity contribution >= 4 is 5.69 Å². The van der Waals surface area contributed by atoms with E-state index in [1.807, 2.05) is 6.92 Å². The Morgan fingerprint density at radius 2 is 1.53 bits per heavy atom. The van der Waals surface area contributed by atoms with E-state index in [4.69, 9.17) is 5.73 Å². The summed E-state index contributed by atoms with van der Waals surface area (Å²) in [6, 6.07) is 8.81. The molecule has 0 spiro atoms. The minimum Gasteiger partial charge on any atom is -0.369 e. The van der Waals surface area contributed by atoms with Crippen LogP contribution in [0.25, 0.3) is 0 Å². The third-order valence-corrected chi connectivity index (χ3v) is 4.01. The molecule has 0 aliphatic carbocycles. The molecule has 0 amide bonds. The average molecular weight is 261 g/mol. The van der Waals surface area contributed by atoms with E-state index in [-0.39, 0.29) is 11.6 Å². The van der Waals surface area contributed by atoms with E-state index in [0.29, 0.717) is 0 Å². The van der Waals surface area contributed by atoms with Crippen LogP contribution in [0.5, 0.6) is 0 Å². The molecule has 2 rings (SSSR count). The Kier molecular flexibility index (Phi) is 4.16. The molecule has 0 unspecified atom stereocenters. The van der Waals surface area contributed by atoms with Crippen LogP contribution in [0.4, 0.5) is 5.69 Å². The Hall–Kier alpha value is -1.06. The summed E-state index contributed by atoms with van der Waals surface area (Å²) < 4.78 is 0. The van der Waals surface area contributed by atoms with Crippen molar-refractivity contribution in [3.8, 4) is 0 Å². The van der Waals surface area contributed by atoms with Gasteiger partial charge >= 0.3 is 0 Å². The van der Waals surface area contributed by atoms with Gasteiger partial charge in [0, 0.05) is 43.4 Å². The van der Waals surface area contributed by atoms with Crippen LogP contribution in [0.2, 0.25) is 0 Å². The van der Waals surface area contributed by atoms with E-state index in [2.05, 4.69) is 54.8 Å². The summed E-state index contributed by atoms with van der Waals surface area (Å²) in [5.74, 6) is 0. The molecule has 1 fully saturated rings. The first-order valence-corrected chi connectivity index (χ1v) is 7.23. The van der Waals surface area contributed by atoms with Crippen molar-refractivity contribution in [1.82, 2.24) is 4.90 Å². The van der Waals surface area contributed by atoms with Crippen LogP contribution >= 0.6 is 0 Å². The van der Waals surface area contributed by atoms with Crippen LogP contribution in [-0.2, 0) is 0 Å². The lowest BCUT2D eigenvalue weighted by molar-refractivity contribution is 0.128. The van der Waals surface area contributed by atoms with Gasteiger partial charge in [0.05, 0.1) is 0 Å². The van der Waals surface area contributed by atoms with Crippen molar-refractivity contribution in [2.45, 2.75) is 39.3 Å². The van der Waals surface area contributed by atoms with E-state index >= 15 is 0 Å². The van der Waals surface area contributed by atoms with Crippen LogP contribution < -0.4 is 10.6 Å². The Morgan fingerprint density at radius 3 is 1.95 bits per heavy atom. The van der Waals surface area contributed by atoms with Crippen molar-refractivity contribution in [3.05, 3.63) is 29.8 Å². The van der Waals surface area contributed by atoms with Crippen LogP contribution in [0, 0.1) is 0 Å². The SMILES string of the molecule is C[C@H](N)c1ccc(N2CCN(C(C)(C)C)CC2)cc1. The molecule has 0 aromatic heterocycles. The molecule has 106 valence electrons. The molecule has 1 heterocycles. The predicted molar refractivity (Wildman–Crippen MR) is 82.6 cm³/mol. The van der Waals surface area contributed by atoms with Crippen LogP contribution in [-0.4, -0.2) is 36.6 Å². The molecule has 1 aliphatic heterocycles. The van der Waals surface area contributed by atoms with E-state index in [9.17, 15) is 0 Å². The second kappa shape index (κ2) is 5.51. The maximum Gasteiger partial charge on any atom is 0.0367 e. The number of nitrogens with two attached hydrogens (primary N) is 1. The van der Waals surface area contributed by atoms with Gasteiger partial charge in [0.25, 0.3) is 0 Å². The zero-order valence-electron chi connectivity index (χ0n) is 12.7. The fraction of sp³-hybridized carbons (Fsp3) is 0.625. The number of hydrogen-bond donors (Lipinski definition) is 1. The highest BCUT2D eigenvalue weighted by atomic mass is 15.3. The lowest BCUT2D eigenvalue weighted by atomic mass is 10.0. The second-order valence-corrected chi connectivity index (χ2v) is 6.53. The predicted octanol–water partition coefficient (Wildman–Crippen LogP) is 2.63. The fourth-order valence-corrected chi connectivity index (χ4v) is 2.62. The molecule has 3 heteroatoms. The van der Waals surface area contributed by atoms with Gasteiger partial charge in [-0.3, -0.25) is 4.90 Å². The highest BCUT2D eigenvalue weighted by Crippen LogP contribution is 2.22. The number of piperazine rings is 1. The molecule has 1 saturated heterocycles. The van der Waals surface area contributed by atoms with Crippen LogP contribution in [0.1, 0.15) is 39.3 Å². The highest BCUT2D eigenvalue weighted by Gasteiger charge is 2.25. The van der Waals surface area contributed by atoms with E-state index in [1.54, 1.807) is 0 Å². The maximum absolute atomic E-state index is 5.89. The van der Waals surface area contributed by atoms with Gasteiger partial charge in [0.15, 0.2) is 0 Å². The van der Waals surface area contributed by atoms with Crippen molar-refractivity contribution in [3.63, 3.8) is 0 Å². The number of benzene rings is 1. The van der Waals surface area contributed by atoms with Gasteiger partial charge in [-0.1, -0.05) is 12.1 Å². The van der Waals surface area contributed by atoms with Gasteiger partial charge in [-0.25, -0.2) is 0 Å². The smallest absolute Gasteiger partial charge is 0.0367 e. The molecular weight excluding hydrogens is 234 g/mol. The Labute approximate surface area is 117 Å². The Bertz CT molecular complexity index is 395. The third kappa shape index (κ3) is 3.48. The van der Waals surface area contributed by atoms with E-state index in [1.165, 1.54) is 11.3 Å². The number of hydrogen-bond acceptors (Lipinski definition) is 3. The zero-order valence-corrected chi connectivity index (χ0v) is 12.7. The first-order chi connectivity index (χ1) is 8.88. The summed E-state index contributed by atoms with van der Waals surface area (Å²) in [5, 5.41) is 0. The summed E-state index contributed by atoms with van der Waals surface area (Å²) in [5.41, 5.74) is 8.69. The minimum absolute atomic E-state index is 0.117. The molecule has 2 N–H and O–H groups in total. The summed E-state index contributed by atoms with van der Waals surface area (Å²) >= 11 is 0. The van der Waals surface area contributed by atoms with Crippen LogP contribution in [0.15, 0.2) is 24.3 Å². The molecule has 1 atom stereocenters. The summed E-state index contributed by atoms with van der Waals surface area (Å²) in [4.78, 5) is 5.02. The summed E-state index contributed by atoms with van der Waals surface area (Å²) in [7, 11) is 0. The lowest BCUT2D eigenvalue weighted by Crippen LogP contribution is -2.53. The Morgan fingerprint density at radius 1 is 1.00 bits per heavy atom. The van der Waals surface area contributed by atoms with Crippen molar-refractivity contribution in [1.29, 1.82) is 0 Å². The summed E-state index contributed by atoms with van der Waals surface area (Å²) in [6.45, 7) is 13.4. The second-order valence-electron chi connectivity index (χ2n) is 6.53. The molecular formula is C16H27N3. The van der Waals surface area contributed by atoms with E-state index in [0.717, 1.165) is 26.2 Å². The Balaban J connectivity index is 1.98. The topological polar surface area (TPSA) is 32.5 Å². The van der Waals surface area contributed by atoms with Gasteiger partial charge in [-0.05, 0) is 45.4 Å². The van der Waals surface area contributed by atoms with Crippen LogP contribution in [0.3, 0.4) is 0 Å².